The number of sulfone groups is 1. The number of nitrogens with zero attached hydrogens (tertiary/aromatic N) is 2. The number of anilines is 2. The Balaban J connectivity index is 1.29. The van der Waals surface area contributed by atoms with Crippen molar-refractivity contribution in [3.05, 3.63) is 101 Å². The summed E-state index contributed by atoms with van der Waals surface area (Å²) in [6, 6.07) is 20.8. The van der Waals surface area contributed by atoms with Crippen LogP contribution in [-0.2, 0) is 23.0 Å². The van der Waals surface area contributed by atoms with Crippen molar-refractivity contribution in [2.45, 2.75) is 13.2 Å². The van der Waals surface area contributed by atoms with Crippen molar-refractivity contribution in [3.63, 3.8) is 0 Å². The van der Waals surface area contributed by atoms with Gasteiger partial charge in [0.2, 0.25) is 0 Å². The van der Waals surface area contributed by atoms with Gasteiger partial charge < -0.3 is 19.8 Å². The van der Waals surface area contributed by atoms with E-state index in [0.717, 1.165) is 10.9 Å². The summed E-state index contributed by atoms with van der Waals surface area (Å²) in [7, 11) is -3.02. The molecule has 0 aliphatic carbocycles. The highest BCUT2D eigenvalue weighted by Crippen LogP contribution is 2.32. The maximum absolute atomic E-state index is 13.4. The molecule has 205 valence electrons. The highest BCUT2D eigenvalue weighted by atomic mass is 35.5. The van der Waals surface area contributed by atoms with Crippen molar-refractivity contribution in [3.8, 4) is 17.1 Å². The lowest BCUT2D eigenvalue weighted by Crippen LogP contribution is -2.21. The molecule has 8 nitrogen and oxygen atoms in total. The van der Waals surface area contributed by atoms with Crippen LogP contribution in [0.5, 0.6) is 5.75 Å². The van der Waals surface area contributed by atoms with Gasteiger partial charge >= 0.3 is 0 Å². The highest BCUT2D eigenvalue weighted by Gasteiger charge is 2.12. The third-order valence-corrected chi connectivity index (χ3v) is 7.20. The molecule has 40 heavy (non-hydrogen) atoms. The van der Waals surface area contributed by atoms with Gasteiger partial charge in [-0.3, -0.25) is 0 Å². The number of furan rings is 1. The van der Waals surface area contributed by atoms with Crippen LogP contribution in [0.1, 0.15) is 11.3 Å². The van der Waals surface area contributed by atoms with Crippen LogP contribution in [0, 0.1) is 12.1 Å². The number of benzene rings is 3. The Morgan fingerprint density at radius 2 is 1.93 bits per heavy atom. The monoisotopic (exact) mass is 579 g/mol. The summed E-state index contributed by atoms with van der Waals surface area (Å²) in [5.74, 6) is 2.09. The first-order chi connectivity index (χ1) is 19.2. The first-order valence-electron chi connectivity index (χ1n) is 12.3. The van der Waals surface area contributed by atoms with E-state index < -0.39 is 9.84 Å². The zero-order valence-corrected chi connectivity index (χ0v) is 23.0. The van der Waals surface area contributed by atoms with Crippen LogP contribution in [0.25, 0.3) is 22.2 Å². The van der Waals surface area contributed by atoms with Crippen LogP contribution in [-0.4, -0.2) is 36.9 Å². The molecule has 0 saturated heterocycles. The maximum atomic E-state index is 13.4. The van der Waals surface area contributed by atoms with E-state index in [1.54, 1.807) is 30.3 Å². The summed E-state index contributed by atoms with van der Waals surface area (Å²) in [6.45, 7) is 0.943. The van der Waals surface area contributed by atoms with Crippen molar-refractivity contribution in [2.24, 2.45) is 0 Å². The fourth-order valence-electron chi connectivity index (χ4n) is 3.98. The average molecular weight is 580 g/mol. The van der Waals surface area contributed by atoms with E-state index in [4.69, 9.17) is 20.8 Å². The van der Waals surface area contributed by atoms with Gasteiger partial charge in [-0.25, -0.2) is 22.8 Å². The Bertz CT molecular complexity index is 1760. The summed E-state index contributed by atoms with van der Waals surface area (Å²) in [5, 5.41) is 7.48. The molecule has 0 aliphatic heterocycles. The molecular weight excluding hydrogens is 555 g/mol. The summed E-state index contributed by atoms with van der Waals surface area (Å²) >= 11 is 6.46. The van der Waals surface area contributed by atoms with Crippen LogP contribution in [0.15, 0.2) is 77.2 Å². The second-order valence-electron chi connectivity index (χ2n) is 9.17. The van der Waals surface area contributed by atoms with Gasteiger partial charge in [0, 0.05) is 29.4 Å². The molecule has 0 amide bonds. The summed E-state index contributed by atoms with van der Waals surface area (Å²) in [6.07, 6.45) is 3.88. The lowest BCUT2D eigenvalue weighted by molar-refractivity contribution is 0.306. The third kappa shape index (κ3) is 7.15. The molecular formula is C29H25ClFN4O4S. The fraction of sp³-hybridized carbons (Fsp3) is 0.172. The predicted molar refractivity (Wildman–Crippen MR) is 153 cm³/mol. The van der Waals surface area contributed by atoms with Crippen molar-refractivity contribution < 1.29 is 22.0 Å². The van der Waals surface area contributed by atoms with Crippen molar-refractivity contribution in [2.75, 3.05) is 23.9 Å². The zero-order valence-electron chi connectivity index (χ0n) is 21.4. The first-order valence-corrected chi connectivity index (χ1v) is 14.8. The van der Waals surface area contributed by atoms with E-state index in [1.807, 2.05) is 30.3 Å². The Hall–Kier alpha value is -3.99. The van der Waals surface area contributed by atoms with Gasteiger partial charge in [0.1, 0.15) is 45.3 Å². The van der Waals surface area contributed by atoms with Crippen molar-refractivity contribution in [1.82, 2.24) is 15.3 Å². The molecule has 11 heteroatoms. The Labute approximate surface area is 236 Å². The first kappa shape index (κ1) is 27.6. The van der Waals surface area contributed by atoms with E-state index in [0.29, 0.717) is 58.0 Å². The number of aromatic nitrogens is 2. The Morgan fingerprint density at radius 3 is 2.73 bits per heavy atom. The molecule has 0 atom stereocenters. The van der Waals surface area contributed by atoms with E-state index in [2.05, 4.69) is 26.9 Å². The molecule has 2 heterocycles. The molecule has 2 aromatic heterocycles. The quantitative estimate of drug-likeness (QED) is 0.185. The molecule has 0 fully saturated rings. The molecule has 3 aromatic carbocycles. The Morgan fingerprint density at radius 1 is 1.05 bits per heavy atom. The number of nitrogens with one attached hydrogen (secondary N) is 2. The summed E-state index contributed by atoms with van der Waals surface area (Å²) < 4.78 is 47.7. The van der Waals surface area contributed by atoms with Crippen LogP contribution in [0.3, 0.4) is 0 Å². The van der Waals surface area contributed by atoms with Crippen molar-refractivity contribution >= 4 is 43.8 Å². The Kier molecular flexibility index (Phi) is 8.29. The van der Waals surface area contributed by atoms with Gasteiger partial charge in [0.05, 0.1) is 22.8 Å². The topological polar surface area (TPSA) is 106 Å². The fourth-order valence-corrected chi connectivity index (χ4v) is 4.73. The number of ether oxygens (including phenoxy) is 1. The predicted octanol–water partition coefficient (Wildman–Crippen LogP) is 5.94. The van der Waals surface area contributed by atoms with Gasteiger partial charge in [-0.2, -0.15) is 0 Å². The molecule has 0 saturated carbocycles. The minimum Gasteiger partial charge on any atom is -0.487 e. The SMILES string of the molecule is CS(=O)(=O)CCNCc1ccc(-c2ccc3n[c]nc(Nc4ccc(OCc5cccc(F)c5)c(Cl)c4)c3c2)o1. The average Bonchev–Trinajstić information content (AvgIpc) is 3.39. The molecule has 0 unspecified atom stereocenters. The van der Waals surface area contributed by atoms with Crippen LogP contribution < -0.4 is 15.4 Å². The second-order valence-corrected chi connectivity index (χ2v) is 11.8. The molecule has 1 radical (unpaired) electrons. The standard InChI is InChI=1S/C29H25ClFN4O4S/c1-40(36,37)12-11-32-16-23-7-10-27(39-23)20-5-8-26-24(14-20)29(34-18-33-26)35-22-6-9-28(25(30)15-22)38-17-19-3-2-4-21(31)13-19/h2-10,13-15,32H,11-12,16-17H2,1H3,(H,33,34,35). The summed E-state index contributed by atoms with van der Waals surface area (Å²) in [5.41, 5.74) is 2.90. The number of rotatable bonds is 11. The highest BCUT2D eigenvalue weighted by molar-refractivity contribution is 7.90. The van der Waals surface area contributed by atoms with Crippen LogP contribution >= 0.6 is 11.6 Å². The maximum Gasteiger partial charge on any atom is 0.200 e. The largest absolute Gasteiger partial charge is 0.487 e. The minimum atomic E-state index is -3.02. The zero-order chi connectivity index (χ0) is 28.1. The smallest absolute Gasteiger partial charge is 0.200 e. The number of halogens is 2. The van der Waals surface area contributed by atoms with Gasteiger partial charge in [0.15, 0.2) is 6.33 Å². The lowest BCUT2D eigenvalue weighted by Gasteiger charge is -2.12. The number of fused-ring (bicyclic) bond motifs is 1. The van der Waals surface area contributed by atoms with E-state index in [9.17, 15) is 12.8 Å². The van der Waals surface area contributed by atoms with Gasteiger partial charge in [-0.05, 0) is 66.2 Å². The number of hydrogen-bond donors (Lipinski definition) is 2. The van der Waals surface area contributed by atoms with Crippen LogP contribution in [0.2, 0.25) is 5.02 Å². The van der Waals surface area contributed by atoms with Gasteiger partial charge in [-0.1, -0.05) is 23.7 Å². The van der Waals surface area contributed by atoms with Gasteiger partial charge in [-0.15, -0.1) is 0 Å². The summed E-state index contributed by atoms with van der Waals surface area (Å²) in [4.78, 5) is 8.55. The van der Waals surface area contributed by atoms with E-state index in [-0.39, 0.29) is 18.2 Å². The van der Waals surface area contributed by atoms with E-state index in [1.165, 1.54) is 18.4 Å². The second kappa shape index (κ2) is 12.0. The molecule has 2 N–H and O–H groups in total. The number of hydrogen-bond acceptors (Lipinski definition) is 8. The van der Waals surface area contributed by atoms with E-state index >= 15 is 0 Å². The van der Waals surface area contributed by atoms with Crippen molar-refractivity contribution in [1.29, 1.82) is 0 Å². The minimum absolute atomic E-state index is 0.0634. The molecule has 0 spiro atoms. The molecule has 0 bridgehead atoms. The normalized spacial score (nSPS) is 11.6. The molecule has 5 rings (SSSR count). The molecule has 0 aliphatic rings. The molecule has 5 aromatic rings. The third-order valence-electron chi connectivity index (χ3n) is 5.96. The van der Waals surface area contributed by atoms with Crippen LogP contribution in [0.4, 0.5) is 15.9 Å². The van der Waals surface area contributed by atoms with Gasteiger partial charge in [0.25, 0.3) is 0 Å². The lowest BCUT2D eigenvalue weighted by atomic mass is 10.1.